The van der Waals surface area contributed by atoms with E-state index in [0.717, 1.165) is 52.1 Å². The molecule has 7 nitrogen and oxygen atoms in total. The summed E-state index contributed by atoms with van der Waals surface area (Å²) < 4.78 is 0. The topological polar surface area (TPSA) is 125 Å². The van der Waals surface area contributed by atoms with Gasteiger partial charge in [0.05, 0.1) is 0 Å². The van der Waals surface area contributed by atoms with Crippen molar-refractivity contribution in [1.82, 2.24) is 16.0 Å². The van der Waals surface area contributed by atoms with Gasteiger partial charge in [-0.15, -0.1) is 0 Å². The number of unbranched alkanes of at least 4 members (excludes halogenated alkanes) is 18. The molecule has 0 amide bonds. The van der Waals surface area contributed by atoms with Crippen LogP contribution in [0.2, 0.25) is 0 Å². The largest absolute Gasteiger partial charge is 0.481 e. The number of aliphatic carboxylic acids is 1. The van der Waals surface area contributed by atoms with Gasteiger partial charge in [0.2, 0.25) is 0 Å². The van der Waals surface area contributed by atoms with Crippen molar-refractivity contribution < 1.29 is 9.90 Å². The van der Waals surface area contributed by atoms with Crippen molar-refractivity contribution in [2.24, 2.45) is 11.5 Å². The average Bonchev–Trinajstić information content (AvgIpc) is 2.89. The van der Waals surface area contributed by atoms with Crippen LogP contribution in [0.3, 0.4) is 0 Å². The molecule has 0 spiro atoms. The van der Waals surface area contributed by atoms with Gasteiger partial charge >= 0.3 is 5.97 Å². The summed E-state index contributed by atoms with van der Waals surface area (Å²) in [5.41, 5.74) is 10.6. The van der Waals surface area contributed by atoms with Crippen LogP contribution in [0, 0.1) is 0 Å². The van der Waals surface area contributed by atoms with Crippen molar-refractivity contribution in [1.29, 1.82) is 0 Å². The van der Waals surface area contributed by atoms with Gasteiger partial charge in [-0.1, -0.05) is 122 Å². The molecule has 0 aromatic rings. The van der Waals surface area contributed by atoms with Gasteiger partial charge in [0.15, 0.2) is 0 Å². The lowest BCUT2D eigenvalue weighted by atomic mass is 10.0. The summed E-state index contributed by atoms with van der Waals surface area (Å²) in [6.45, 7) is 9.43. The predicted octanol–water partition coefficient (Wildman–Crippen LogP) is 5.57. The first-order chi connectivity index (χ1) is 18.2. The highest BCUT2D eigenvalue weighted by molar-refractivity contribution is 5.66. The molecule has 0 bridgehead atoms. The Balaban J connectivity index is 0. The fourth-order valence-corrected chi connectivity index (χ4v) is 4.29. The zero-order chi connectivity index (χ0) is 27.5. The Morgan fingerprint density at radius 2 is 0.757 bits per heavy atom. The molecule has 224 valence electrons. The molecular weight excluding hydrogens is 462 g/mol. The van der Waals surface area contributed by atoms with Crippen molar-refractivity contribution >= 4 is 5.97 Å². The minimum atomic E-state index is -0.651. The molecule has 37 heavy (non-hydrogen) atoms. The molecule has 0 radical (unpaired) electrons. The third kappa shape index (κ3) is 42.6. The second-order valence-corrected chi connectivity index (χ2v) is 10.3. The number of nitrogens with one attached hydrogen (secondary N) is 3. The third-order valence-electron chi connectivity index (χ3n) is 6.59. The maximum Gasteiger partial charge on any atom is 0.303 e. The maximum atomic E-state index is 10.4. The van der Waals surface area contributed by atoms with Crippen LogP contribution in [0.5, 0.6) is 0 Å². The van der Waals surface area contributed by atoms with Crippen LogP contribution < -0.4 is 27.4 Å². The molecular formula is C30H67N5O2. The highest BCUT2D eigenvalue weighted by atomic mass is 16.4. The molecule has 0 saturated carbocycles. The lowest BCUT2D eigenvalue weighted by Gasteiger charge is -2.06. The number of nitrogens with two attached hydrogens (primary N) is 2. The van der Waals surface area contributed by atoms with Crippen LogP contribution >= 0.6 is 0 Å². The van der Waals surface area contributed by atoms with Gasteiger partial charge in [-0.05, 0) is 6.42 Å². The Kier molecular flexibility index (Phi) is 38.9. The van der Waals surface area contributed by atoms with E-state index in [4.69, 9.17) is 16.6 Å². The molecule has 0 aliphatic rings. The second-order valence-electron chi connectivity index (χ2n) is 10.3. The first-order valence-electron chi connectivity index (χ1n) is 15.9. The van der Waals surface area contributed by atoms with E-state index in [9.17, 15) is 4.79 Å². The van der Waals surface area contributed by atoms with Crippen LogP contribution in [0.25, 0.3) is 0 Å². The van der Waals surface area contributed by atoms with Crippen molar-refractivity contribution in [3.05, 3.63) is 0 Å². The quantitative estimate of drug-likeness (QED) is 0.0672. The Bertz CT molecular complexity index is 403. The third-order valence-corrected chi connectivity index (χ3v) is 6.59. The monoisotopic (exact) mass is 530 g/mol. The van der Waals surface area contributed by atoms with Gasteiger partial charge < -0.3 is 32.5 Å². The van der Waals surface area contributed by atoms with E-state index in [1.54, 1.807) is 0 Å². The van der Waals surface area contributed by atoms with E-state index in [0.29, 0.717) is 19.5 Å². The highest BCUT2D eigenvalue weighted by Gasteiger charge is 1.97. The van der Waals surface area contributed by atoms with Gasteiger partial charge in [-0.3, -0.25) is 4.79 Å². The zero-order valence-corrected chi connectivity index (χ0v) is 24.8. The Labute approximate surface area is 231 Å². The van der Waals surface area contributed by atoms with Crippen LogP contribution in [-0.2, 0) is 4.79 Å². The smallest absolute Gasteiger partial charge is 0.303 e. The lowest BCUT2D eigenvalue weighted by Crippen LogP contribution is -2.35. The van der Waals surface area contributed by atoms with Crippen LogP contribution in [0.15, 0.2) is 0 Å². The number of carbonyl (C=O) groups is 1. The molecule has 0 aromatic heterocycles. The van der Waals surface area contributed by atoms with Crippen molar-refractivity contribution in [2.75, 3.05) is 52.4 Å². The summed E-state index contributed by atoms with van der Waals surface area (Å²) in [5.74, 6) is -0.651. The normalized spacial score (nSPS) is 10.9. The van der Waals surface area contributed by atoms with E-state index in [-0.39, 0.29) is 0 Å². The molecule has 7 heteroatoms. The van der Waals surface area contributed by atoms with Crippen molar-refractivity contribution in [3.63, 3.8) is 0 Å². The molecule has 0 atom stereocenters. The zero-order valence-electron chi connectivity index (χ0n) is 24.8. The van der Waals surface area contributed by atoms with E-state index in [2.05, 4.69) is 22.9 Å². The SMILES string of the molecule is CCCCCCCCCCCCCCCCCCCCCC(=O)O.NCCNCCNCCNCCN. The summed E-state index contributed by atoms with van der Waals surface area (Å²) in [4.78, 5) is 10.4. The Morgan fingerprint density at radius 3 is 1.03 bits per heavy atom. The van der Waals surface area contributed by atoms with E-state index in [1.807, 2.05) is 0 Å². The fourth-order valence-electron chi connectivity index (χ4n) is 4.29. The summed E-state index contributed by atoms with van der Waals surface area (Å²) in [6, 6.07) is 0. The first kappa shape index (κ1) is 38.4. The summed E-state index contributed by atoms with van der Waals surface area (Å²) >= 11 is 0. The fraction of sp³-hybridized carbons (Fsp3) is 0.967. The summed E-state index contributed by atoms with van der Waals surface area (Å²) in [7, 11) is 0. The summed E-state index contributed by atoms with van der Waals surface area (Å²) in [5, 5.41) is 18.3. The average molecular weight is 530 g/mol. The number of carboxylic acid groups (broad SMARTS) is 1. The number of carboxylic acids is 1. The number of hydrogen-bond donors (Lipinski definition) is 6. The molecule has 0 fully saturated rings. The van der Waals surface area contributed by atoms with Gasteiger partial charge in [0, 0.05) is 58.8 Å². The first-order valence-corrected chi connectivity index (χ1v) is 15.9. The Hall–Kier alpha value is -0.730. The maximum absolute atomic E-state index is 10.4. The van der Waals surface area contributed by atoms with Crippen LogP contribution in [-0.4, -0.2) is 63.4 Å². The van der Waals surface area contributed by atoms with Crippen molar-refractivity contribution in [3.8, 4) is 0 Å². The van der Waals surface area contributed by atoms with Gasteiger partial charge in [0.25, 0.3) is 0 Å². The highest BCUT2D eigenvalue weighted by Crippen LogP contribution is 2.14. The van der Waals surface area contributed by atoms with Crippen molar-refractivity contribution in [2.45, 2.75) is 135 Å². The minimum absolute atomic E-state index is 0.346. The minimum Gasteiger partial charge on any atom is -0.481 e. The van der Waals surface area contributed by atoms with Crippen LogP contribution in [0.1, 0.15) is 135 Å². The standard InChI is InChI=1S/C22H44O2.C8H23N5/c1-2-3-4-5-6-7-8-9-10-11-12-13-14-15-16-17-18-19-20-21-22(23)24;9-1-3-11-5-7-13-8-6-12-4-2-10/h2-21H2,1H3,(H,23,24);11-13H,1-10H2. The lowest BCUT2D eigenvalue weighted by molar-refractivity contribution is -0.137. The van der Waals surface area contributed by atoms with E-state index in [1.165, 1.54) is 109 Å². The molecule has 0 aromatic carbocycles. The van der Waals surface area contributed by atoms with Gasteiger partial charge in [0.1, 0.15) is 0 Å². The summed E-state index contributed by atoms with van der Waals surface area (Å²) in [6.07, 6.45) is 26.1. The molecule has 0 unspecified atom stereocenters. The predicted molar refractivity (Wildman–Crippen MR) is 162 cm³/mol. The second kappa shape index (κ2) is 37.4. The Morgan fingerprint density at radius 1 is 0.486 bits per heavy atom. The van der Waals surface area contributed by atoms with Gasteiger partial charge in [-0.25, -0.2) is 0 Å². The molecule has 8 N–H and O–H groups in total. The van der Waals surface area contributed by atoms with Gasteiger partial charge in [-0.2, -0.15) is 0 Å². The number of rotatable bonds is 30. The van der Waals surface area contributed by atoms with E-state index >= 15 is 0 Å². The number of hydrogen-bond acceptors (Lipinski definition) is 6. The van der Waals surface area contributed by atoms with Crippen LogP contribution in [0.4, 0.5) is 0 Å². The molecule has 0 aliphatic heterocycles. The molecule has 0 aliphatic carbocycles. The molecule has 0 heterocycles. The molecule has 0 rings (SSSR count). The molecule has 0 saturated heterocycles. The van der Waals surface area contributed by atoms with E-state index < -0.39 is 5.97 Å².